The van der Waals surface area contributed by atoms with Crippen molar-refractivity contribution >= 4 is 10.0 Å². The van der Waals surface area contributed by atoms with Crippen molar-refractivity contribution in [3.63, 3.8) is 0 Å². The van der Waals surface area contributed by atoms with Gasteiger partial charge < -0.3 is 14.8 Å². The van der Waals surface area contributed by atoms with Gasteiger partial charge in [0.2, 0.25) is 10.0 Å². The van der Waals surface area contributed by atoms with Gasteiger partial charge in [-0.05, 0) is 23.3 Å². The van der Waals surface area contributed by atoms with E-state index in [9.17, 15) is 8.42 Å². The van der Waals surface area contributed by atoms with Gasteiger partial charge in [0, 0.05) is 26.2 Å². The topological polar surface area (TPSA) is 67.9 Å². The SMILES string of the molecule is O=S(=O)(c1ccc(-c2ccccc2)cc1)N1CCO[C@]2(CNCCOC2)C1. The zero-order valence-corrected chi connectivity index (χ0v) is 16.0. The van der Waals surface area contributed by atoms with Crippen molar-refractivity contribution in [1.82, 2.24) is 9.62 Å². The van der Waals surface area contributed by atoms with Crippen molar-refractivity contribution in [2.75, 3.05) is 46.0 Å². The van der Waals surface area contributed by atoms with E-state index in [1.165, 1.54) is 4.31 Å². The molecule has 0 amide bonds. The molecule has 2 fully saturated rings. The lowest BCUT2D eigenvalue weighted by Crippen LogP contribution is -2.59. The summed E-state index contributed by atoms with van der Waals surface area (Å²) >= 11 is 0. The van der Waals surface area contributed by atoms with Gasteiger partial charge in [-0.1, -0.05) is 42.5 Å². The second-order valence-electron chi connectivity index (χ2n) is 6.99. The highest BCUT2D eigenvalue weighted by atomic mass is 32.2. The number of hydrogen-bond donors (Lipinski definition) is 1. The van der Waals surface area contributed by atoms with Crippen LogP contribution in [0.5, 0.6) is 0 Å². The lowest BCUT2D eigenvalue weighted by Gasteiger charge is -2.41. The van der Waals surface area contributed by atoms with Gasteiger partial charge in [0.05, 0.1) is 24.7 Å². The van der Waals surface area contributed by atoms with Crippen LogP contribution in [0.4, 0.5) is 0 Å². The molecule has 4 rings (SSSR count). The molecule has 6 nitrogen and oxygen atoms in total. The molecule has 1 atom stereocenters. The maximum Gasteiger partial charge on any atom is 0.243 e. The molecular formula is C20H24N2O4S. The monoisotopic (exact) mass is 388 g/mol. The molecule has 0 aliphatic carbocycles. The zero-order chi connectivity index (χ0) is 18.7. The average Bonchev–Trinajstić information content (AvgIpc) is 2.94. The normalized spacial score (nSPS) is 24.6. The summed E-state index contributed by atoms with van der Waals surface area (Å²) in [6, 6.07) is 17.0. The van der Waals surface area contributed by atoms with Gasteiger partial charge in [-0.2, -0.15) is 4.31 Å². The van der Waals surface area contributed by atoms with E-state index in [2.05, 4.69) is 5.32 Å². The lowest BCUT2D eigenvalue weighted by atomic mass is 10.0. The Morgan fingerprint density at radius 1 is 0.963 bits per heavy atom. The molecule has 2 aromatic carbocycles. The Bertz CT molecular complexity index is 861. The molecule has 144 valence electrons. The van der Waals surface area contributed by atoms with Crippen molar-refractivity contribution < 1.29 is 17.9 Å². The first kappa shape index (κ1) is 18.6. The Balaban J connectivity index is 1.55. The number of nitrogens with one attached hydrogen (secondary N) is 1. The van der Waals surface area contributed by atoms with Crippen LogP contribution in [-0.2, 0) is 19.5 Å². The third-order valence-electron chi connectivity index (χ3n) is 5.05. The fourth-order valence-electron chi connectivity index (χ4n) is 3.58. The highest BCUT2D eigenvalue weighted by Crippen LogP contribution is 2.27. The van der Waals surface area contributed by atoms with E-state index >= 15 is 0 Å². The third-order valence-corrected chi connectivity index (χ3v) is 6.91. The molecule has 2 aliphatic rings. The van der Waals surface area contributed by atoms with Crippen molar-refractivity contribution in [1.29, 1.82) is 0 Å². The molecule has 0 radical (unpaired) electrons. The van der Waals surface area contributed by atoms with Crippen LogP contribution in [0.25, 0.3) is 11.1 Å². The van der Waals surface area contributed by atoms with E-state index in [0.29, 0.717) is 44.4 Å². The second kappa shape index (κ2) is 7.69. The minimum Gasteiger partial charge on any atom is -0.377 e. The quantitative estimate of drug-likeness (QED) is 0.867. The fraction of sp³-hybridized carbons (Fsp3) is 0.400. The second-order valence-corrected chi connectivity index (χ2v) is 8.93. The van der Waals surface area contributed by atoms with E-state index < -0.39 is 15.6 Å². The van der Waals surface area contributed by atoms with Crippen LogP contribution in [0, 0.1) is 0 Å². The van der Waals surface area contributed by atoms with Gasteiger partial charge >= 0.3 is 0 Å². The Kier molecular flexibility index (Phi) is 5.29. The molecule has 1 N–H and O–H groups in total. The maximum absolute atomic E-state index is 13.2. The van der Waals surface area contributed by atoms with E-state index in [4.69, 9.17) is 9.47 Å². The van der Waals surface area contributed by atoms with Gasteiger partial charge in [-0.3, -0.25) is 0 Å². The number of morpholine rings is 1. The molecular weight excluding hydrogens is 364 g/mol. The molecule has 2 aliphatic heterocycles. The summed E-state index contributed by atoms with van der Waals surface area (Å²) in [6.07, 6.45) is 0. The van der Waals surface area contributed by atoms with E-state index in [1.54, 1.807) is 12.1 Å². The number of nitrogens with zero attached hydrogens (tertiary/aromatic N) is 1. The Morgan fingerprint density at radius 2 is 1.70 bits per heavy atom. The van der Waals surface area contributed by atoms with Crippen LogP contribution < -0.4 is 5.32 Å². The zero-order valence-electron chi connectivity index (χ0n) is 15.1. The van der Waals surface area contributed by atoms with Gasteiger partial charge in [0.15, 0.2) is 0 Å². The van der Waals surface area contributed by atoms with Crippen LogP contribution in [0.15, 0.2) is 59.5 Å². The van der Waals surface area contributed by atoms with Crippen LogP contribution in [0.1, 0.15) is 0 Å². The first-order valence-electron chi connectivity index (χ1n) is 9.17. The molecule has 2 aromatic rings. The standard InChI is InChI=1S/C20H24N2O4S/c23-27(24,19-8-6-18(7-9-19)17-4-2-1-3-5-17)22-11-13-26-20(15-22)14-21-10-12-25-16-20/h1-9,21H,10-16H2/t20-/m1/s1. The van der Waals surface area contributed by atoms with Crippen molar-refractivity contribution in [3.8, 4) is 11.1 Å². The van der Waals surface area contributed by atoms with Crippen molar-refractivity contribution in [2.24, 2.45) is 0 Å². The number of ether oxygens (including phenoxy) is 2. The maximum atomic E-state index is 13.2. The summed E-state index contributed by atoms with van der Waals surface area (Å²) in [5.41, 5.74) is 1.44. The van der Waals surface area contributed by atoms with Crippen LogP contribution in [-0.4, -0.2) is 64.3 Å². The lowest BCUT2D eigenvalue weighted by molar-refractivity contribution is -0.118. The highest BCUT2D eigenvalue weighted by Gasteiger charge is 2.42. The number of rotatable bonds is 3. The van der Waals surface area contributed by atoms with Crippen LogP contribution in [0.3, 0.4) is 0 Å². The number of benzene rings is 2. The van der Waals surface area contributed by atoms with Gasteiger partial charge in [-0.25, -0.2) is 8.42 Å². The summed E-state index contributed by atoms with van der Waals surface area (Å²) in [7, 11) is -3.58. The number of sulfonamides is 1. The largest absolute Gasteiger partial charge is 0.377 e. The predicted octanol–water partition coefficient (Wildman–Crippen LogP) is 1.73. The molecule has 0 unspecified atom stereocenters. The Labute approximate surface area is 160 Å². The fourth-order valence-corrected chi connectivity index (χ4v) is 5.08. The highest BCUT2D eigenvalue weighted by molar-refractivity contribution is 7.89. The molecule has 7 heteroatoms. The van der Waals surface area contributed by atoms with Crippen molar-refractivity contribution in [3.05, 3.63) is 54.6 Å². The summed E-state index contributed by atoms with van der Waals surface area (Å²) in [4.78, 5) is 0.307. The molecule has 0 aromatic heterocycles. The van der Waals surface area contributed by atoms with Crippen molar-refractivity contribution in [2.45, 2.75) is 10.5 Å². The summed E-state index contributed by atoms with van der Waals surface area (Å²) in [6.45, 7) is 3.36. The van der Waals surface area contributed by atoms with Crippen LogP contribution >= 0.6 is 0 Å². The number of hydrogen-bond acceptors (Lipinski definition) is 5. The Morgan fingerprint density at radius 3 is 2.48 bits per heavy atom. The smallest absolute Gasteiger partial charge is 0.243 e. The summed E-state index contributed by atoms with van der Waals surface area (Å²) in [5.74, 6) is 0. The third kappa shape index (κ3) is 3.93. The van der Waals surface area contributed by atoms with E-state index in [0.717, 1.165) is 17.7 Å². The first-order valence-corrected chi connectivity index (χ1v) is 10.6. The molecule has 0 saturated carbocycles. The molecule has 0 bridgehead atoms. The molecule has 1 spiro atoms. The average molecular weight is 388 g/mol. The van der Waals surface area contributed by atoms with E-state index in [1.807, 2.05) is 42.5 Å². The molecule has 2 heterocycles. The molecule has 2 saturated heterocycles. The minimum atomic E-state index is -3.58. The van der Waals surface area contributed by atoms with Gasteiger partial charge in [0.25, 0.3) is 0 Å². The van der Waals surface area contributed by atoms with E-state index in [-0.39, 0.29) is 0 Å². The predicted molar refractivity (Wildman–Crippen MR) is 103 cm³/mol. The summed E-state index contributed by atoms with van der Waals surface area (Å²) in [5, 5.41) is 3.27. The first-order chi connectivity index (χ1) is 13.1. The van der Waals surface area contributed by atoms with Crippen LogP contribution in [0.2, 0.25) is 0 Å². The molecule has 27 heavy (non-hydrogen) atoms. The minimum absolute atomic E-state index is 0.294. The van der Waals surface area contributed by atoms with Gasteiger partial charge in [0.1, 0.15) is 5.60 Å². The Hall–Kier alpha value is -1.77. The van der Waals surface area contributed by atoms with Gasteiger partial charge in [-0.15, -0.1) is 0 Å². The summed E-state index contributed by atoms with van der Waals surface area (Å²) < 4.78 is 39.4.